The molecule has 0 saturated carbocycles. The van der Waals surface area contributed by atoms with E-state index in [4.69, 9.17) is 9.47 Å². The summed E-state index contributed by atoms with van der Waals surface area (Å²) in [5, 5.41) is 0. The minimum atomic E-state index is -0.165. The lowest BCUT2D eigenvalue weighted by Crippen LogP contribution is -2.12. The van der Waals surface area contributed by atoms with Crippen LogP contribution in [-0.2, 0) is 17.8 Å². The molecule has 0 unspecified atom stereocenters. The topological polar surface area (TPSA) is 64.2 Å². The number of aromatic nitrogens is 2. The number of aromatic amines is 1. The van der Waals surface area contributed by atoms with E-state index in [1.165, 1.54) is 6.07 Å². The Kier molecular flexibility index (Phi) is 3.52. The van der Waals surface area contributed by atoms with Crippen LogP contribution in [0.2, 0.25) is 0 Å². The van der Waals surface area contributed by atoms with Crippen molar-refractivity contribution in [2.75, 3.05) is 13.2 Å². The van der Waals surface area contributed by atoms with Gasteiger partial charge in [0, 0.05) is 24.7 Å². The molecule has 0 atom stereocenters. The summed E-state index contributed by atoms with van der Waals surface area (Å²) in [5.41, 5.74) is 2.59. The van der Waals surface area contributed by atoms with Crippen LogP contribution in [0.3, 0.4) is 0 Å². The summed E-state index contributed by atoms with van der Waals surface area (Å²) in [6.07, 6.45) is 0.901. The van der Waals surface area contributed by atoms with Crippen LogP contribution < -0.4 is 10.3 Å². The first-order valence-electron chi connectivity index (χ1n) is 6.70. The lowest BCUT2D eigenvalue weighted by atomic mass is 10.1. The molecule has 1 aliphatic heterocycles. The number of hydrogen-bond acceptors (Lipinski definition) is 4. The minimum absolute atomic E-state index is 0.165. The molecule has 0 spiro atoms. The first-order valence-corrected chi connectivity index (χ1v) is 6.70. The highest BCUT2D eigenvalue weighted by Crippen LogP contribution is 2.29. The van der Waals surface area contributed by atoms with Crippen molar-refractivity contribution in [3.63, 3.8) is 0 Å². The molecule has 1 aromatic carbocycles. The molecule has 0 aliphatic carbocycles. The maximum absolute atomic E-state index is 11.7. The summed E-state index contributed by atoms with van der Waals surface area (Å²) in [5.74, 6) is 1.47. The normalized spacial score (nSPS) is 13.1. The van der Waals surface area contributed by atoms with Crippen LogP contribution in [-0.4, -0.2) is 23.2 Å². The zero-order valence-corrected chi connectivity index (χ0v) is 11.3. The first kappa shape index (κ1) is 12.9. The van der Waals surface area contributed by atoms with Crippen LogP contribution >= 0.6 is 0 Å². The number of nitrogens with one attached hydrogen (secondary N) is 1. The van der Waals surface area contributed by atoms with Crippen molar-refractivity contribution in [3.05, 3.63) is 46.0 Å². The second kappa shape index (κ2) is 5.46. The molecule has 1 aliphatic rings. The van der Waals surface area contributed by atoms with Crippen LogP contribution in [0.4, 0.5) is 0 Å². The Balaban J connectivity index is 1.97. The zero-order chi connectivity index (χ0) is 13.9. The summed E-state index contributed by atoms with van der Waals surface area (Å²) in [4.78, 5) is 18.8. The van der Waals surface area contributed by atoms with E-state index in [2.05, 4.69) is 9.97 Å². The second-order valence-corrected chi connectivity index (χ2v) is 4.64. The molecule has 2 aromatic rings. The van der Waals surface area contributed by atoms with Gasteiger partial charge in [-0.25, -0.2) is 4.98 Å². The van der Waals surface area contributed by atoms with Crippen molar-refractivity contribution < 1.29 is 9.47 Å². The molecule has 20 heavy (non-hydrogen) atoms. The van der Waals surface area contributed by atoms with Crippen LogP contribution in [0.15, 0.2) is 29.1 Å². The van der Waals surface area contributed by atoms with Gasteiger partial charge in [-0.3, -0.25) is 4.79 Å². The van der Waals surface area contributed by atoms with E-state index in [1.54, 1.807) is 0 Å². The smallest absolute Gasteiger partial charge is 0.251 e. The average Bonchev–Trinajstić information content (AvgIpc) is 2.92. The standard InChI is InChI=1S/C15H16N2O3/c1-2-19-9-14-16-12(8-15(18)17-14)10-3-4-13-11(7-10)5-6-20-13/h3-4,7-8H,2,5-6,9H2,1H3,(H,16,17,18). The fourth-order valence-corrected chi connectivity index (χ4v) is 2.27. The van der Waals surface area contributed by atoms with Gasteiger partial charge in [0.1, 0.15) is 18.2 Å². The highest BCUT2D eigenvalue weighted by atomic mass is 16.5. The summed E-state index contributed by atoms with van der Waals surface area (Å²) in [6, 6.07) is 7.40. The van der Waals surface area contributed by atoms with Crippen molar-refractivity contribution in [2.45, 2.75) is 20.0 Å². The summed E-state index contributed by atoms with van der Waals surface area (Å²) < 4.78 is 10.8. The molecular formula is C15H16N2O3. The van der Waals surface area contributed by atoms with Crippen molar-refractivity contribution in [1.29, 1.82) is 0 Å². The predicted octanol–water partition coefficient (Wildman–Crippen LogP) is 1.91. The Hall–Kier alpha value is -2.14. The molecule has 1 aromatic heterocycles. The van der Waals surface area contributed by atoms with Crippen molar-refractivity contribution in [1.82, 2.24) is 9.97 Å². The van der Waals surface area contributed by atoms with E-state index in [1.807, 2.05) is 25.1 Å². The van der Waals surface area contributed by atoms with Crippen LogP contribution in [0, 0.1) is 0 Å². The maximum Gasteiger partial charge on any atom is 0.251 e. The van der Waals surface area contributed by atoms with Crippen LogP contribution in [0.1, 0.15) is 18.3 Å². The molecule has 5 nitrogen and oxygen atoms in total. The second-order valence-electron chi connectivity index (χ2n) is 4.64. The number of hydrogen-bond donors (Lipinski definition) is 1. The number of H-pyrrole nitrogens is 1. The Morgan fingerprint density at radius 3 is 3.15 bits per heavy atom. The van der Waals surface area contributed by atoms with Gasteiger partial charge in [-0.1, -0.05) is 0 Å². The molecule has 0 fully saturated rings. The van der Waals surface area contributed by atoms with E-state index >= 15 is 0 Å². The molecule has 104 valence electrons. The van der Waals surface area contributed by atoms with Gasteiger partial charge in [-0.2, -0.15) is 0 Å². The molecule has 2 heterocycles. The van der Waals surface area contributed by atoms with Gasteiger partial charge < -0.3 is 14.5 Å². The molecule has 0 radical (unpaired) electrons. The maximum atomic E-state index is 11.7. The summed E-state index contributed by atoms with van der Waals surface area (Å²) in [6.45, 7) is 3.53. The highest BCUT2D eigenvalue weighted by molar-refractivity contribution is 5.62. The average molecular weight is 272 g/mol. The van der Waals surface area contributed by atoms with E-state index < -0.39 is 0 Å². The van der Waals surface area contributed by atoms with E-state index in [0.717, 1.165) is 29.9 Å². The van der Waals surface area contributed by atoms with Gasteiger partial charge >= 0.3 is 0 Å². The Morgan fingerprint density at radius 1 is 1.40 bits per heavy atom. The lowest BCUT2D eigenvalue weighted by molar-refractivity contribution is 0.128. The van der Waals surface area contributed by atoms with E-state index in [9.17, 15) is 4.79 Å². The number of ether oxygens (including phenoxy) is 2. The Labute approximate surface area is 116 Å². The third kappa shape index (κ3) is 2.58. The molecule has 3 rings (SSSR count). The number of rotatable bonds is 4. The van der Waals surface area contributed by atoms with Crippen molar-refractivity contribution in [3.8, 4) is 17.0 Å². The number of benzene rings is 1. The van der Waals surface area contributed by atoms with Crippen molar-refractivity contribution >= 4 is 0 Å². The molecule has 0 amide bonds. The third-order valence-corrected chi connectivity index (χ3v) is 3.22. The SMILES string of the molecule is CCOCc1nc(-c2ccc3c(c2)CCO3)cc(=O)[nH]1. The Morgan fingerprint density at radius 2 is 2.30 bits per heavy atom. The number of fused-ring (bicyclic) bond motifs is 1. The fourth-order valence-electron chi connectivity index (χ4n) is 2.27. The largest absolute Gasteiger partial charge is 0.493 e. The summed E-state index contributed by atoms with van der Waals surface area (Å²) >= 11 is 0. The van der Waals surface area contributed by atoms with Gasteiger partial charge in [-0.05, 0) is 30.7 Å². The van der Waals surface area contributed by atoms with Gasteiger partial charge in [0.05, 0.1) is 12.3 Å². The molecule has 5 heteroatoms. The third-order valence-electron chi connectivity index (χ3n) is 3.22. The lowest BCUT2D eigenvalue weighted by Gasteiger charge is -2.06. The van der Waals surface area contributed by atoms with Gasteiger partial charge in [-0.15, -0.1) is 0 Å². The van der Waals surface area contributed by atoms with Crippen LogP contribution in [0.25, 0.3) is 11.3 Å². The van der Waals surface area contributed by atoms with Gasteiger partial charge in [0.25, 0.3) is 5.56 Å². The first-order chi connectivity index (χ1) is 9.76. The van der Waals surface area contributed by atoms with E-state index in [0.29, 0.717) is 24.7 Å². The Bertz CT molecular complexity index is 679. The molecule has 1 N–H and O–H groups in total. The quantitative estimate of drug-likeness (QED) is 0.923. The highest BCUT2D eigenvalue weighted by Gasteiger charge is 2.13. The van der Waals surface area contributed by atoms with Gasteiger partial charge in [0.15, 0.2) is 0 Å². The monoisotopic (exact) mass is 272 g/mol. The molecule has 0 bridgehead atoms. The zero-order valence-electron chi connectivity index (χ0n) is 11.3. The fraction of sp³-hybridized carbons (Fsp3) is 0.333. The van der Waals surface area contributed by atoms with Gasteiger partial charge in [0.2, 0.25) is 0 Å². The van der Waals surface area contributed by atoms with E-state index in [-0.39, 0.29) is 5.56 Å². The van der Waals surface area contributed by atoms with Crippen LogP contribution in [0.5, 0.6) is 5.75 Å². The predicted molar refractivity (Wildman–Crippen MR) is 74.8 cm³/mol. The summed E-state index contributed by atoms with van der Waals surface area (Å²) in [7, 11) is 0. The molecular weight excluding hydrogens is 256 g/mol. The minimum Gasteiger partial charge on any atom is -0.493 e. The number of nitrogens with zero attached hydrogens (tertiary/aromatic N) is 1. The molecule has 0 saturated heterocycles. The van der Waals surface area contributed by atoms with Crippen molar-refractivity contribution in [2.24, 2.45) is 0 Å².